The average Bonchev–Trinajstić information content (AvgIpc) is 3.07. The molecule has 0 aliphatic carbocycles. The van der Waals surface area contributed by atoms with Crippen LogP contribution in [0.2, 0.25) is 0 Å². The molecule has 0 bridgehead atoms. The van der Waals surface area contributed by atoms with Crippen LogP contribution in [0, 0.1) is 17.0 Å². The second-order valence-electron chi connectivity index (χ2n) is 7.07. The van der Waals surface area contributed by atoms with Crippen molar-refractivity contribution in [3.63, 3.8) is 0 Å². The lowest BCUT2D eigenvalue weighted by atomic mass is 10.1. The molecule has 2 aliphatic rings. The second-order valence-corrected chi connectivity index (χ2v) is 7.07. The summed E-state index contributed by atoms with van der Waals surface area (Å²) in [5, 5.41) is 11.0. The first-order chi connectivity index (χ1) is 12.6. The van der Waals surface area contributed by atoms with Crippen LogP contribution in [0.15, 0.2) is 48.5 Å². The monoisotopic (exact) mass is 353 g/mol. The number of rotatable bonds is 4. The Kier molecular flexibility index (Phi) is 4.61. The van der Waals surface area contributed by atoms with Gasteiger partial charge in [0.05, 0.1) is 23.7 Å². The summed E-state index contributed by atoms with van der Waals surface area (Å²) in [7, 11) is 0. The molecule has 2 saturated heterocycles. The Labute approximate surface area is 153 Å². The van der Waals surface area contributed by atoms with Crippen molar-refractivity contribution in [2.75, 3.05) is 31.1 Å². The van der Waals surface area contributed by atoms with Gasteiger partial charge in [-0.3, -0.25) is 15.0 Å². The molecule has 2 fully saturated rings. The molecule has 0 N–H and O–H groups in total. The van der Waals surface area contributed by atoms with Crippen molar-refractivity contribution in [1.82, 2.24) is 4.90 Å². The fraction of sp³-hybridized carbons (Fsp3) is 0.400. The molecule has 0 saturated carbocycles. The molecule has 2 aliphatic heterocycles. The van der Waals surface area contributed by atoms with Crippen molar-refractivity contribution in [1.29, 1.82) is 0 Å². The summed E-state index contributed by atoms with van der Waals surface area (Å²) in [6.07, 6.45) is 0.183. The molecule has 0 amide bonds. The maximum absolute atomic E-state index is 11.0. The Morgan fingerprint density at radius 2 is 2.00 bits per heavy atom. The fourth-order valence-corrected chi connectivity index (χ4v) is 4.02. The van der Waals surface area contributed by atoms with Crippen LogP contribution >= 0.6 is 0 Å². The topological polar surface area (TPSA) is 58.8 Å². The number of anilines is 1. The number of ether oxygens (including phenoxy) is 1. The minimum Gasteiger partial charge on any atom is -0.373 e. The molecular formula is C20H23N3O3. The zero-order valence-electron chi connectivity index (χ0n) is 14.9. The summed E-state index contributed by atoms with van der Waals surface area (Å²) in [5.74, 6) is 0. The maximum Gasteiger partial charge on any atom is 0.272 e. The number of hydrogen-bond donors (Lipinski definition) is 0. The van der Waals surface area contributed by atoms with Gasteiger partial charge >= 0.3 is 0 Å². The van der Waals surface area contributed by atoms with Crippen molar-refractivity contribution in [3.8, 4) is 0 Å². The van der Waals surface area contributed by atoms with Gasteiger partial charge in [0.15, 0.2) is 0 Å². The van der Waals surface area contributed by atoms with Crippen molar-refractivity contribution in [2.45, 2.75) is 25.6 Å². The molecule has 2 aromatic carbocycles. The number of benzene rings is 2. The van der Waals surface area contributed by atoms with Crippen LogP contribution in [-0.4, -0.2) is 48.2 Å². The van der Waals surface area contributed by atoms with Gasteiger partial charge in [-0.1, -0.05) is 30.3 Å². The van der Waals surface area contributed by atoms with E-state index in [4.69, 9.17) is 4.74 Å². The molecule has 2 aromatic rings. The normalized spacial score (nSPS) is 23.0. The van der Waals surface area contributed by atoms with Gasteiger partial charge in [0.1, 0.15) is 0 Å². The number of nitrogens with zero attached hydrogens (tertiary/aromatic N) is 3. The lowest BCUT2D eigenvalue weighted by molar-refractivity contribution is -0.385. The zero-order valence-corrected chi connectivity index (χ0v) is 14.9. The third kappa shape index (κ3) is 3.30. The van der Waals surface area contributed by atoms with Gasteiger partial charge in [0.25, 0.3) is 5.69 Å². The number of morpholine rings is 1. The van der Waals surface area contributed by atoms with Crippen molar-refractivity contribution < 1.29 is 9.66 Å². The highest BCUT2D eigenvalue weighted by molar-refractivity contribution is 5.56. The third-order valence-corrected chi connectivity index (χ3v) is 5.39. The van der Waals surface area contributed by atoms with Gasteiger partial charge in [0, 0.05) is 43.5 Å². The quantitative estimate of drug-likeness (QED) is 0.625. The molecule has 6 nitrogen and oxygen atoms in total. The first-order valence-electron chi connectivity index (χ1n) is 9.01. The lowest BCUT2D eigenvalue weighted by Crippen LogP contribution is -2.50. The minimum absolute atomic E-state index is 0.173. The fourth-order valence-electron chi connectivity index (χ4n) is 4.02. The third-order valence-electron chi connectivity index (χ3n) is 5.39. The Morgan fingerprint density at radius 3 is 2.73 bits per heavy atom. The van der Waals surface area contributed by atoms with Crippen LogP contribution in [-0.2, 0) is 11.3 Å². The van der Waals surface area contributed by atoms with Gasteiger partial charge in [-0.2, -0.15) is 0 Å². The molecule has 0 aromatic heterocycles. The predicted molar refractivity (Wildman–Crippen MR) is 100 cm³/mol. The number of hydrogen-bond acceptors (Lipinski definition) is 5. The molecule has 0 spiro atoms. The van der Waals surface area contributed by atoms with Gasteiger partial charge < -0.3 is 9.64 Å². The van der Waals surface area contributed by atoms with Crippen molar-refractivity contribution >= 4 is 11.4 Å². The SMILES string of the molecule is Cc1cc(N2CC3OCCN(Cc4ccccc4)C3C2)ccc1[N+](=O)[O-]. The summed E-state index contributed by atoms with van der Waals surface area (Å²) < 4.78 is 6.02. The second kappa shape index (κ2) is 7.05. The molecule has 26 heavy (non-hydrogen) atoms. The van der Waals surface area contributed by atoms with Crippen molar-refractivity contribution in [3.05, 3.63) is 69.8 Å². The van der Waals surface area contributed by atoms with E-state index in [1.807, 2.05) is 18.2 Å². The summed E-state index contributed by atoms with van der Waals surface area (Å²) in [6, 6.07) is 16.2. The molecule has 6 heteroatoms. The van der Waals surface area contributed by atoms with E-state index < -0.39 is 0 Å². The Balaban J connectivity index is 1.50. The predicted octanol–water partition coefficient (Wildman–Crippen LogP) is 2.99. The van der Waals surface area contributed by atoms with E-state index in [0.29, 0.717) is 11.6 Å². The smallest absolute Gasteiger partial charge is 0.272 e. The molecule has 136 valence electrons. The molecule has 2 atom stereocenters. The molecular weight excluding hydrogens is 330 g/mol. The van der Waals surface area contributed by atoms with Gasteiger partial charge in [0.2, 0.25) is 0 Å². The average molecular weight is 353 g/mol. The summed E-state index contributed by atoms with van der Waals surface area (Å²) >= 11 is 0. The van der Waals surface area contributed by atoms with E-state index in [-0.39, 0.29) is 16.7 Å². The summed E-state index contributed by atoms with van der Waals surface area (Å²) in [6.45, 7) is 6.12. The van der Waals surface area contributed by atoms with E-state index >= 15 is 0 Å². The van der Waals surface area contributed by atoms with Gasteiger partial charge in [-0.25, -0.2) is 0 Å². The van der Waals surface area contributed by atoms with Crippen LogP contribution in [0.25, 0.3) is 0 Å². The van der Waals surface area contributed by atoms with Crippen LogP contribution in [0.3, 0.4) is 0 Å². The lowest BCUT2D eigenvalue weighted by Gasteiger charge is -2.36. The van der Waals surface area contributed by atoms with Gasteiger partial charge in [-0.05, 0) is 24.6 Å². The number of nitro benzene ring substituents is 1. The largest absolute Gasteiger partial charge is 0.373 e. The Morgan fingerprint density at radius 1 is 1.19 bits per heavy atom. The zero-order chi connectivity index (χ0) is 18.1. The molecule has 2 unspecified atom stereocenters. The standard InChI is InChI=1S/C20H23N3O3/c1-15-11-17(7-8-18(15)23(24)25)22-13-19-20(14-22)26-10-9-21(19)12-16-5-3-2-4-6-16/h2-8,11,19-20H,9-10,12-14H2,1H3. The van der Waals surface area contributed by atoms with E-state index in [0.717, 1.165) is 38.5 Å². The minimum atomic E-state index is -0.326. The number of aryl methyl sites for hydroxylation is 1. The molecule has 4 rings (SSSR count). The summed E-state index contributed by atoms with van der Waals surface area (Å²) in [5.41, 5.74) is 3.22. The van der Waals surface area contributed by atoms with E-state index in [9.17, 15) is 10.1 Å². The highest BCUT2D eigenvalue weighted by atomic mass is 16.6. The number of fused-ring (bicyclic) bond motifs is 1. The number of nitro groups is 1. The van der Waals surface area contributed by atoms with Crippen LogP contribution in [0.4, 0.5) is 11.4 Å². The maximum atomic E-state index is 11.0. The Bertz CT molecular complexity index is 796. The van der Waals surface area contributed by atoms with E-state index in [2.05, 4.69) is 34.1 Å². The highest BCUT2D eigenvalue weighted by Gasteiger charge is 2.40. The molecule has 0 radical (unpaired) electrons. The Hall–Kier alpha value is -2.44. The highest BCUT2D eigenvalue weighted by Crippen LogP contribution is 2.31. The van der Waals surface area contributed by atoms with Gasteiger partial charge in [-0.15, -0.1) is 0 Å². The van der Waals surface area contributed by atoms with Crippen LogP contribution in [0.1, 0.15) is 11.1 Å². The van der Waals surface area contributed by atoms with Crippen LogP contribution in [0.5, 0.6) is 0 Å². The first kappa shape index (κ1) is 17.0. The van der Waals surface area contributed by atoms with Crippen molar-refractivity contribution in [2.24, 2.45) is 0 Å². The van der Waals surface area contributed by atoms with Crippen LogP contribution < -0.4 is 4.90 Å². The van der Waals surface area contributed by atoms with E-state index in [1.54, 1.807) is 13.0 Å². The van der Waals surface area contributed by atoms with E-state index in [1.165, 1.54) is 5.56 Å². The molecule has 2 heterocycles. The first-order valence-corrected chi connectivity index (χ1v) is 9.01. The summed E-state index contributed by atoms with van der Waals surface area (Å²) in [4.78, 5) is 15.5.